The van der Waals surface area contributed by atoms with Gasteiger partial charge in [-0.25, -0.2) is 14.6 Å². The van der Waals surface area contributed by atoms with E-state index in [1.54, 1.807) is 22.9 Å². The van der Waals surface area contributed by atoms with E-state index in [2.05, 4.69) is 25.3 Å². The highest BCUT2D eigenvalue weighted by Crippen LogP contribution is 2.31. The first-order valence-electron chi connectivity index (χ1n) is 9.78. The lowest BCUT2D eigenvalue weighted by atomic mass is 9.97. The molecule has 30 heavy (non-hydrogen) atoms. The molecule has 0 spiro atoms. The van der Waals surface area contributed by atoms with Crippen molar-refractivity contribution in [2.24, 2.45) is 5.92 Å². The third kappa shape index (κ3) is 4.27. The smallest absolute Gasteiger partial charge is 0.229 e. The monoisotopic (exact) mass is 444 g/mol. The van der Waals surface area contributed by atoms with Gasteiger partial charge in [-0.2, -0.15) is 5.10 Å². The second kappa shape index (κ2) is 8.62. The zero-order valence-electron chi connectivity index (χ0n) is 16.8. The van der Waals surface area contributed by atoms with E-state index in [4.69, 9.17) is 23.2 Å². The van der Waals surface area contributed by atoms with E-state index in [0.717, 1.165) is 36.6 Å². The summed E-state index contributed by atoms with van der Waals surface area (Å²) in [6.45, 7) is 5.34. The molecule has 0 saturated carbocycles. The van der Waals surface area contributed by atoms with Crippen LogP contribution in [0.25, 0.3) is 5.82 Å². The Hall–Kier alpha value is -2.64. The number of hydrogen-bond donors (Lipinski definition) is 1. The summed E-state index contributed by atoms with van der Waals surface area (Å²) < 4.78 is 1.80. The van der Waals surface area contributed by atoms with Gasteiger partial charge in [-0.3, -0.25) is 4.79 Å². The molecule has 156 valence electrons. The lowest BCUT2D eigenvalue weighted by Crippen LogP contribution is -2.41. The van der Waals surface area contributed by atoms with Crippen molar-refractivity contribution in [3.05, 3.63) is 58.1 Å². The van der Waals surface area contributed by atoms with E-state index < -0.39 is 0 Å². The molecule has 7 nitrogen and oxygen atoms in total. The molecular formula is C21H22Cl2N6O. The van der Waals surface area contributed by atoms with E-state index in [-0.39, 0.29) is 11.8 Å². The normalized spacial score (nSPS) is 16.5. The molecule has 1 aliphatic heterocycles. The van der Waals surface area contributed by atoms with Crippen molar-refractivity contribution in [3.63, 3.8) is 0 Å². The van der Waals surface area contributed by atoms with Crippen LogP contribution in [-0.4, -0.2) is 38.7 Å². The maximum atomic E-state index is 12.9. The Bertz CT molecular complexity index is 1080. The number of carbonyl (C=O) groups is 1. The first kappa shape index (κ1) is 20.6. The first-order chi connectivity index (χ1) is 14.4. The van der Waals surface area contributed by atoms with Crippen LogP contribution in [0.15, 0.2) is 36.7 Å². The molecule has 0 radical (unpaired) electrons. The van der Waals surface area contributed by atoms with Gasteiger partial charge in [0, 0.05) is 24.8 Å². The topological polar surface area (TPSA) is 75.9 Å². The number of hydrogen-bond acceptors (Lipinski definition) is 5. The summed E-state index contributed by atoms with van der Waals surface area (Å²) in [5, 5.41) is 8.17. The van der Waals surface area contributed by atoms with Crippen LogP contribution in [0.2, 0.25) is 10.0 Å². The molecule has 3 aromatic rings. The molecule has 0 bridgehead atoms. The molecule has 4 rings (SSSR count). The lowest BCUT2D eigenvalue weighted by Gasteiger charge is -2.33. The largest absolute Gasteiger partial charge is 0.356 e. The van der Waals surface area contributed by atoms with E-state index in [0.29, 0.717) is 28.1 Å². The number of amides is 1. The van der Waals surface area contributed by atoms with Gasteiger partial charge < -0.3 is 10.2 Å². The molecule has 1 atom stereocenters. The number of nitrogens with zero attached hydrogens (tertiary/aromatic N) is 5. The number of halogens is 2. The Morgan fingerprint density at radius 2 is 1.97 bits per heavy atom. The van der Waals surface area contributed by atoms with Crippen LogP contribution in [0, 0.1) is 19.8 Å². The van der Waals surface area contributed by atoms with Gasteiger partial charge >= 0.3 is 0 Å². The fraction of sp³-hybridized carbons (Fsp3) is 0.333. The third-order valence-electron chi connectivity index (χ3n) is 5.19. The predicted molar refractivity (Wildman–Crippen MR) is 119 cm³/mol. The van der Waals surface area contributed by atoms with E-state index in [1.807, 2.05) is 26.0 Å². The minimum Gasteiger partial charge on any atom is -0.356 e. The standard InChI is InChI=1S/C21H22Cl2N6O/c1-13-9-14(2)29(27-13)19-10-18(24-12-25-19)28-8-4-5-15(11-28)21(30)26-17-7-3-6-16(22)20(17)23/h3,6-7,9-10,12,15H,4-5,8,11H2,1-2H3,(H,26,30). The van der Waals surface area contributed by atoms with Crippen molar-refractivity contribution in [2.75, 3.05) is 23.3 Å². The number of piperidine rings is 1. The first-order valence-corrected chi connectivity index (χ1v) is 10.5. The summed E-state index contributed by atoms with van der Waals surface area (Å²) in [5.41, 5.74) is 2.47. The number of carbonyl (C=O) groups excluding carboxylic acids is 1. The molecule has 1 saturated heterocycles. The second-order valence-corrected chi connectivity index (χ2v) is 8.23. The fourth-order valence-electron chi connectivity index (χ4n) is 3.72. The number of aryl methyl sites for hydroxylation is 2. The highest BCUT2D eigenvalue weighted by molar-refractivity contribution is 6.44. The molecular weight excluding hydrogens is 423 g/mol. The van der Waals surface area contributed by atoms with Gasteiger partial charge in [-0.05, 0) is 44.9 Å². The quantitative estimate of drug-likeness (QED) is 0.643. The Balaban J connectivity index is 1.50. The minimum atomic E-state index is -0.180. The van der Waals surface area contributed by atoms with Crippen molar-refractivity contribution in [1.29, 1.82) is 0 Å². The van der Waals surface area contributed by atoms with Crippen LogP contribution in [0.4, 0.5) is 11.5 Å². The van der Waals surface area contributed by atoms with E-state index in [1.165, 1.54) is 6.33 Å². The van der Waals surface area contributed by atoms with Gasteiger partial charge in [-0.1, -0.05) is 29.3 Å². The average Bonchev–Trinajstić information content (AvgIpc) is 3.09. The van der Waals surface area contributed by atoms with Gasteiger partial charge in [-0.15, -0.1) is 0 Å². The highest BCUT2D eigenvalue weighted by Gasteiger charge is 2.27. The van der Waals surface area contributed by atoms with Crippen molar-refractivity contribution < 1.29 is 4.79 Å². The lowest BCUT2D eigenvalue weighted by molar-refractivity contribution is -0.120. The Morgan fingerprint density at radius 3 is 2.73 bits per heavy atom. The van der Waals surface area contributed by atoms with E-state index >= 15 is 0 Å². The number of anilines is 2. The second-order valence-electron chi connectivity index (χ2n) is 7.45. The summed E-state index contributed by atoms with van der Waals surface area (Å²) in [5.74, 6) is 1.24. The summed E-state index contributed by atoms with van der Waals surface area (Å²) >= 11 is 12.3. The van der Waals surface area contributed by atoms with Gasteiger partial charge in [0.15, 0.2) is 5.82 Å². The SMILES string of the molecule is Cc1cc(C)n(-c2cc(N3CCCC(C(=O)Nc4cccc(Cl)c4Cl)C3)ncn2)n1. The van der Waals surface area contributed by atoms with Gasteiger partial charge in [0.1, 0.15) is 12.1 Å². The Labute approximate surface area is 185 Å². The fourth-order valence-corrected chi connectivity index (χ4v) is 4.07. The molecule has 1 N–H and O–H groups in total. The van der Waals surface area contributed by atoms with Gasteiger partial charge in [0.2, 0.25) is 5.91 Å². The number of benzene rings is 1. The van der Waals surface area contributed by atoms with Crippen LogP contribution >= 0.6 is 23.2 Å². The van der Waals surface area contributed by atoms with Crippen molar-refractivity contribution in [3.8, 4) is 5.82 Å². The zero-order chi connectivity index (χ0) is 21.3. The maximum absolute atomic E-state index is 12.9. The Kier molecular flexibility index (Phi) is 5.92. The molecule has 9 heteroatoms. The van der Waals surface area contributed by atoms with Crippen LogP contribution < -0.4 is 10.2 Å². The average molecular weight is 445 g/mol. The third-order valence-corrected chi connectivity index (χ3v) is 6.01. The summed E-state index contributed by atoms with van der Waals surface area (Å²) in [7, 11) is 0. The summed E-state index contributed by atoms with van der Waals surface area (Å²) in [6.07, 6.45) is 3.23. The van der Waals surface area contributed by atoms with Crippen LogP contribution in [0.3, 0.4) is 0 Å². The van der Waals surface area contributed by atoms with Gasteiger partial charge in [0.25, 0.3) is 0 Å². The summed E-state index contributed by atoms with van der Waals surface area (Å²) in [4.78, 5) is 23.8. The minimum absolute atomic E-state index is 0.0725. The number of nitrogens with one attached hydrogen (secondary N) is 1. The summed E-state index contributed by atoms with van der Waals surface area (Å²) in [6, 6.07) is 9.12. The Morgan fingerprint density at radius 1 is 1.17 bits per heavy atom. The molecule has 3 heterocycles. The molecule has 1 unspecified atom stereocenters. The van der Waals surface area contributed by atoms with Crippen molar-refractivity contribution >= 4 is 40.6 Å². The van der Waals surface area contributed by atoms with Crippen molar-refractivity contribution in [2.45, 2.75) is 26.7 Å². The van der Waals surface area contributed by atoms with Crippen LogP contribution in [0.5, 0.6) is 0 Å². The van der Waals surface area contributed by atoms with Crippen LogP contribution in [0.1, 0.15) is 24.2 Å². The number of rotatable bonds is 4. The van der Waals surface area contributed by atoms with Gasteiger partial charge in [0.05, 0.1) is 27.3 Å². The predicted octanol–water partition coefficient (Wildman–Crippen LogP) is 4.44. The number of aromatic nitrogens is 4. The highest BCUT2D eigenvalue weighted by atomic mass is 35.5. The molecule has 0 aliphatic carbocycles. The van der Waals surface area contributed by atoms with E-state index in [9.17, 15) is 4.79 Å². The zero-order valence-corrected chi connectivity index (χ0v) is 18.3. The molecule has 2 aromatic heterocycles. The maximum Gasteiger partial charge on any atom is 0.229 e. The molecule has 1 aliphatic rings. The van der Waals surface area contributed by atoms with Crippen LogP contribution in [-0.2, 0) is 4.79 Å². The molecule has 1 aromatic carbocycles. The molecule has 1 fully saturated rings. The molecule has 1 amide bonds. The van der Waals surface area contributed by atoms with Crippen molar-refractivity contribution in [1.82, 2.24) is 19.7 Å².